The number of carbonyl (C=O) groups is 7. The Morgan fingerprint density at radius 1 is 0.516 bits per heavy atom. The van der Waals surface area contributed by atoms with E-state index in [4.69, 9.17) is 29.8 Å². The quantitative estimate of drug-likeness (QED) is 0.0380. The number of aliphatic carboxylic acids is 2. The van der Waals surface area contributed by atoms with Crippen LogP contribution in [0.15, 0.2) is 0 Å². The van der Waals surface area contributed by atoms with E-state index in [-0.39, 0.29) is 67.8 Å². The van der Waals surface area contributed by atoms with E-state index < -0.39 is 18.0 Å². The number of Topliss-reactive ketones (excluding diaryl/α,β-unsaturated/α-hetero) is 2. The summed E-state index contributed by atoms with van der Waals surface area (Å²) in [6.07, 6.45) is 21.1. The summed E-state index contributed by atoms with van der Waals surface area (Å²) in [6, 6.07) is -0.977. The molecular weight excluding hydrogens is 829 g/mol. The second-order valence-corrected chi connectivity index (χ2v) is 16.0. The lowest BCUT2D eigenvalue weighted by molar-refractivity contribution is -0.142. The molecule has 17 nitrogen and oxygen atoms in total. The van der Waals surface area contributed by atoms with Crippen molar-refractivity contribution in [1.82, 2.24) is 16.0 Å². The van der Waals surface area contributed by atoms with Crippen molar-refractivity contribution < 1.29 is 62.7 Å². The molecule has 2 atom stereocenters. The third-order valence-corrected chi connectivity index (χ3v) is 10.4. The average Bonchev–Trinajstić information content (AvgIpc) is 3.26. The van der Waals surface area contributed by atoms with E-state index >= 15 is 0 Å². The molecule has 0 fully saturated rings. The van der Waals surface area contributed by atoms with E-state index in [1.807, 2.05) is 20.8 Å². The molecule has 0 aliphatic carbocycles. The highest BCUT2D eigenvalue weighted by atomic mass is 16.5. The van der Waals surface area contributed by atoms with Crippen molar-refractivity contribution in [2.24, 2.45) is 11.7 Å². The molecule has 0 saturated carbocycles. The molecule has 7 N–H and O–H groups in total. The van der Waals surface area contributed by atoms with E-state index in [9.17, 15) is 38.7 Å². The van der Waals surface area contributed by atoms with Gasteiger partial charge in [0, 0.05) is 51.3 Å². The van der Waals surface area contributed by atoms with Gasteiger partial charge in [0.15, 0.2) is 0 Å². The number of ether oxygens (including phenoxy) is 4. The van der Waals surface area contributed by atoms with Gasteiger partial charge in [-0.2, -0.15) is 0 Å². The first-order valence-corrected chi connectivity index (χ1v) is 24.2. The zero-order valence-electron chi connectivity index (χ0n) is 39.9. The summed E-state index contributed by atoms with van der Waals surface area (Å²) in [5, 5.41) is 25.8. The van der Waals surface area contributed by atoms with E-state index in [0.29, 0.717) is 72.0 Å². The minimum absolute atomic E-state index is 0.00366. The Balaban J connectivity index is 0. The number of nitrogens with two attached hydrogens (primary N) is 1. The van der Waals surface area contributed by atoms with Crippen LogP contribution >= 0.6 is 0 Å². The first kappa shape index (κ1) is 62.6. The van der Waals surface area contributed by atoms with Gasteiger partial charge in [-0.25, -0.2) is 4.79 Å². The van der Waals surface area contributed by atoms with Crippen molar-refractivity contribution in [3.05, 3.63) is 0 Å². The van der Waals surface area contributed by atoms with Crippen LogP contribution in [0.1, 0.15) is 175 Å². The fraction of sp³-hybridized carbons (Fsp3) is 0.851. The van der Waals surface area contributed by atoms with Gasteiger partial charge < -0.3 is 50.8 Å². The van der Waals surface area contributed by atoms with Crippen LogP contribution in [0, 0.1) is 5.92 Å². The number of ketones is 2. The van der Waals surface area contributed by atoms with Crippen LogP contribution < -0.4 is 21.7 Å². The second kappa shape index (κ2) is 47.5. The standard InChI is InChI=1S/C26H47NO6.C21H41N3O7/c1-2-17-22(28)20-21-23(26(32)33)27-24(29)18-15-13-11-9-7-5-3-4-6-8-10-12-14-16-19-25(30)31;1-3-18(19(25)15-22)7-5-6-8-23-20(26)16-31-14-12-29-10-9-24-21(27)17-30-13-11-28-4-2/h23H,2-21H2,1H3,(H,27,29)(H,30,31)(H,32,33);18H,3-17,22H2,1-2H3,(H,23,26)(H,24,27)/t23-;18-/m00/s1. The summed E-state index contributed by atoms with van der Waals surface area (Å²) in [7, 11) is 0. The Kier molecular flexibility index (Phi) is 46.4. The molecule has 0 heterocycles. The van der Waals surface area contributed by atoms with Crippen LogP contribution in [-0.4, -0.2) is 130 Å². The number of amides is 3. The first-order chi connectivity index (χ1) is 30.9. The van der Waals surface area contributed by atoms with Gasteiger partial charge in [0.05, 0.1) is 39.6 Å². The lowest BCUT2D eigenvalue weighted by Crippen LogP contribution is -2.41. The number of carbonyl (C=O) groups excluding carboxylic acids is 5. The van der Waals surface area contributed by atoms with Gasteiger partial charge >= 0.3 is 11.9 Å². The fourth-order valence-corrected chi connectivity index (χ4v) is 6.60. The smallest absolute Gasteiger partial charge is 0.326 e. The lowest BCUT2D eigenvalue weighted by Gasteiger charge is -2.14. The van der Waals surface area contributed by atoms with Gasteiger partial charge in [-0.05, 0) is 51.9 Å². The average molecular weight is 917 g/mol. The molecule has 3 amide bonds. The number of rotatable bonds is 46. The van der Waals surface area contributed by atoms with Crippen LogP contribution in [0.4, 0.5) is 0 Å². The van der Waals surface area contributed by atoms with Crippen molar-refractivity contribution in [1.29, 1.82) is 0 Å². The molecule has 374 valence electrons. The predicted molar refractivity (Wildman–Crippen MR) is 247 cm³/mol. The summed E-state index contributed by atoms with van der Waals surface area (Å²) < 4.78 is 20.8. The Morgan fingerprint density at radius 2 is 1.02 bits per heavy atom. The highest BCUT2D eigenvalue weighted by molar-refractivity contribution is 5.85. The van der Waals surface area contributed by atoms with Crippen molar-refractivity contribution in [2.75, 3.05) is 72.5 Å². The van der Waals surface area contributed by atoms with E-state index in [1.165, 1.54) is 51.4 Å². The summed E-state index contributed by atoms with van der Waals surface area (Å²) in [6.45, 7) is 9.26. The Morgan fingerprint density at radius 3 is 1.50 bits per heavy atom. The number of carboxylic acids is 2. The predicted octanol–water partition coefficient (Wildman–Crippen LogP) is 6.06. The highest BCUT2D eigenvalue weighted by Gasteiger charge is 2.20. The van der Waals surface area contributed by atoms with Crippen LogP contribution in [0.25, 0.3) is 0 Å². The fourth-order valence-electron chi connectivity index (χ4n) is 6.60. The second-order valence-electron chi connectivity index (χ2n) is 16.0. The van der Waals surface area contributed by atoms with Gasteiger partial charge in [-0.15, -0.1) is 0 Å². The van der Waals surface area contributed by atoms with E-state index in [1.54, 1.807) is 0 Å². The maximum absolute atomic E-state index is 12.0. The lowest BCUT2D eigenvalue weighted by atomic mass is 9.95. The molecule has 0 saturated heterocycles. The molecule has 0 aromatic carbocycles. The van der Waals surface area contributed by atoms with Gasteiger partial charge in [-0.3, -0.25) is 28.8 Å². The molecule has 0 aromatic heterocycles. The molecule has 0 aliphatic rings. The van der Waals surface area contributed by atoms with Crippen molar-refractivity contribution in [3.63, 3.8) is 0 Å². The largest absolute Gasteiger partial charge is 0.481 e. The molecule has 0 aromatic rings. The number of carboxylic acid groups (broad SMARTS) is 2. The summed E-state index contributed by atoms with van der Waals surface area (Å²) in [5.41, 5.74) is 5.40. The van der Waals surface area contributed by atoms with Crippen molar-refractivity contribution >= 4 is 41.2 Å². The molecule has 0 rings (SSSR count). The molecule has 0 radical (unpaired) electrons. The molecule has 0 bridgehead atoms. The van der Waals surface area contributed by atoms with Gasteiger partial charge in [-0.1, -0.05) is 97.3 Å². The monoisotopic (exact) mass is 917 g/mol. The van der Waals surface area contributed by atoms with Gasteiger partial charge in [0.1, 0.15) is 30.8 Å². The number of hydrogen-bond donors (Lipinski definition) is 6. The highest BCUT2D eigenvalue weighted by Crippen LogP contribution is 2.15. The molecule has 0 unspecified atom stereocenters. The van der Waals surface area contributed by atoms with Crippen LogP contribution in [-0.2, 0) is 52.5 Å². The maximum atomic E-state index is 12.0. The maximum Gasteiger partial charge on any atom is 0.326 e. The topological polar surface area (TPSA) is 259 Å². The summed E-state index contributed by atoms with van der Waals surface area (Å²) >= 11 is 0. The number of hydrogen-bond acceptors (Lipinski definition) is 12. The van der Waals surface area contributed by atoms with Crippen LogP contribution in [0.5, 0.6) is 0 Å². The van der Waals surface area contributed by atoms with Crippen molar-refractivity contribution in [2.45, 2.75) is 181 Å². The number of nitrogens with one attached hydrogen (secondary N) is 3. The van der Waals surface area contributed by atoms with Crippen LogP contribution in [0.3, 0.4) is 0 Å². The summed E-state index contributed by atoms with van der Waals surface area (Å²) in [5.74, 6) is -2.23. The Bertz CT molecular complexity index is 1210. The number of unbranched alkanes of at least 4 members (excludes halogenated alkanes) is 14. The van der Waals surface area contributed by atoms with E-state index in [0.717, 1.165) is 70.6 Å². The minimum Gasteiger partial charge on any atom is -0.481 e. The Labute approximate surface area is 384 Å². The molecule has 64 heavy (non-hydrogen) atoms. The van der Waals surface area contributed by atoms with Gasteiger partial charge in [0.2, 0.25) is 17.7 Å². The zero-order valence-corrected chi connectivity index (χ0v) is 39.9. The van der Waals surface area contributed by atoms with Crippen molar-refractivity contribution in [3.8, 4) is 0 Å². The molecular formula is C47H88N4O13. The molecule has 0 aliphatic heterocycles. The van der Waals surface area contributed by atoms with E-state index in [2.05, 4.69) is 16.0 Å². The SMILES string of the molecule is CCCC(=O)CC[C@H](NC(=O)CCCCCCCCCCCCCCCCC(=O)O)C(=O)O.CCOCCOCC(=O)NCCOCCOCC(=O)NCCCC[C@H](CC)C(=O)CN. The van der Waals surface area contributed by atoms with Crippen LogP contribution in [0.2, 0.25) is 0 Å². The van der Waals surface area contributed by atoms with Gasteiger partial charge in [0.25, 0.3) is 0 Å². The summed E-state index contributed by atoms with van der Waals surface area (Å²) in [4.78, 5) is 80.1. The third kappa shape index (κ3) is 45.1. The normalized spacial score (nSPS) is 11.8. The molecule has 17 heteroatoms. The minimum atomic E-state index is -1.08. The molecule has 0 spiro atoms. The third-order valence-electron chi connectivity index (χ3n) is 10.4. The Hall–Kier alpha value is -3.51. The zero-order chi connectivity index (χ0) is 47.9. The first-order valence-electron chi connectivity index (χ1n) is 24.2.